The van der Waals surface area contributed by atoms with Gasteiger partial charge in [0.1, 0.15) is 5.60 Å². The van der Waals surface area contributed by atoms with Crippen molar-refractivity contribution in [3.05, 3.63) is 0 Å². The molecular weight excluding hydrogens is 272 g/mol. The second-order valence-electron chi connectivity index (χ2n) is 4.64. The lowest BCUT2D eigenvalue weighted by Crippen LogP contribution is -2.53. The van der Waals surface area contributed by atoms with Gasteiger partial charge in [0.05, 0.1) is 6.42 Å². The fourth-order valence-corrected chi connectivity index (χ4v) is 2.82. The predicted octanol–water partition coefficient (Wildman–Crippen LogP) is 2.70. The molecule has 92 valence electrons. The van der Waals surface area contributed by atoms with Crippen LogP contribution in [0.2, 0.25) is 0 Å². The average Bonchev–Trinajstić information content (AvgIpc) is 2.40. The lowest BCUT2D eigenvalue weighted by molar-refractivity contribution is -0.146. The van der Waals surface area contributed by atoms with Gasteiger partial charge >= 0.3 is 0 Å². The van der Waals surface area contributed by atoms with Gasteiger partial charge in [-0.25, -0.2) is 0 Å². The molecule has 0 amide bonds. The quantitative estimate of drug-likeness (QED) is 0.697. The summed E-state index contributed by atoms with van der Waals surface area (Å²) in [5, 5.41) is 0. The molecule has 0 bridgehead atoms. The van der Waals surface area contributed by atoms with Crippen molar-refractivity contribution in [3.8, 4) is 0 Å². The second-order valence-corrected chi connectivity index (χ2v) is 6.93. The third-order valence-corrected chi connectivity index (χ3v) is 4.41. The summed E-state index contributed by atoms with van der Waals surface area (Å²) in [6, 6.07) is 0. The number of nitrogens with two attached hydrogens (primary N) is 1. The molecule has 2 rings (SSSR count). The van der Waals surface area contributed by atoms with Crippen LogP contribution in [0.4, 0.5) is 0 Å². The Labute approximate surface area is 110 Å². The zero-order chi connectivity index (χ0) is 12.0. The van der Waals surface area contributed by atoms with Crippen LogP contribution in [0.15, 0.2) is 0 Å². The molecular formula is C10H14Cl3NO2. The number of hydrogen-bond acceptors (Lipinski definition) is 3. The van der Waals surface area contributed by atoms with Gasteiger partial charge in [-0.1, -0.05) is 54.1 Å². The Morgan fingerprint density at radius 3 is 2.19 bits per heavy atom. The monoisotopic (exact) mass is 285 g/mol. The number of carbonyl (C=O) groups is 1. The van der Waals surface area contributed by atoms with E-state index >= 15 is 0 Å². The zero-order valence-electron chi connectivity index (χ0n) is 8.77. The first kappa shape index (κ1) is 12.9. The average molecular weight is 287 g/mol. The summed E-state index contributed by atoms with van der Waals surface area (Å²) in [6.07, 6.45) is 4.38. The Bertz CT molecular complexity index is 310. The summed E-state index contributed by atoms with van der Waals surface area (Å²) in [7, 11) is 0. The van der Waals surface area contributed by atoms with E-state index in [1.54, 1.807) is 0 Å². The molecule has 1 unspecified atom stereocenters. The molecule has 1 saturated carbocycles. The predicted molar refractivity (Wildman–Crippen MR) is 63.7 cm³/mol. The van der Waals surface area contributed by atoms with Crippen LogP contribution in [0.25, 0.3) is 0 Å². The highest BCUT2D eigenvalue weighted by atomic mass is 35.6. The van der Waals surface area contributed by atoms with E-state index in [-0.39, 0.29) is 12.2 Å². The maximum Gasteiger partial charge on any atom is 0.232 e. The molecule has 0 aromatic rings. The summed E-state index contributed by atoms with van der Waals surface area (Å²) >= 11 is 17.3. The molecule has 6 heteroatoms. The number of rotatable bonds is 0. The highest BCUT2D eigenvalue weighted by molar-refractivity contribution is 6.68. The molecule has 2 N–H and O–H groups in total. The number of carbonyl (C=O) groups excluding carboxylic acids is 1. The van der Waals surface area contributed by atoms with Gasteiger partial charge in [0.25, 0.3) is 0 Å². The molecule has 1 spiro atoms. The molecule has 1 aliphatic heterocycles. The van der Waals surface area contributed by atoms with Crippen molar-refractivity contribution < 1.29 is 9.53 Å². The van der Waals surface area contributed by atoms with Crippen molar-refractivity contribution in [2.75, 3.05) is 0 Å². The van der Waals surface area contributed by atoms with Crippen molar-refractivity contribution in [2.24, 2.45) is 5.73 Å². The normalized spacial score (nSPS) is 34.6. The molecule has 1 heterocycles. The van der Waals surface area contributed by atoms with E-state index in [0.29, 0.717) is 12.8 Å². The van der Waals surface area contributed by atoms with E-state index in [9.17, 15) is 4.79 Å². The number of halogens is 3. The number of hydrogen-bond donors (Lipinski definition) is 1. The van der Waals surface area contributed by atoms with Crippen molar-refractivity contribution in [2.45, 2.75) is 53.6 Å². The summed E-state index contributed by atoms with van der Waals surface area (Å²) in [5.74, 6) is -0.0268. The fourth-order valence-electron chi connectivity index (χ4n) is 2.50. The van der Waals surface area contributed by atoms with E-state index in [1.807, 2.05) is 0 Å². The third kappa shape index (κ3) is 1.97. The van der Waals surface area contributed by atoms with Crippen LogP contribution >= 0.6 is 34.8 Å². The molecule has 0 aromatic carbocycles. The number of ketones is 1. The first-order chi connectivity index (χ1) is 7.29. The standard InChI is InChI=1S/C10H14Cl3NO2/c11-10(12,13)9(14)6-7(15)8(16-9)4-2-1-3-5-8/h1-6,14H2. The first-order valence-corrected chi connectivity index (χ1v) is 6.52. The maximum atomic E-state index is 12.0. The minimum absolute atomic E-state index is 0.0243. The van der Waals surface area contributed by atoms with E-state index in [4.69, 9.17) is 45.3 Å². The summed E-state index contributed by atoms with van der Waals surface area (Å²) in [5.41, 5.74) is 3.62. The largest absolute Gasteiger partial charge is 0.342 e. The molecule has 0 aromatic heterocycles. The third-order valence-electron chi connectivity index (χ3n) is 3.45. The first-order valence-electron chi connectivity index (χ1n) is 5.38. The van der Waals surface area contributed by atoms with Crippen molar-refractivity contribution >= 4 is 40.6 Å². The van der Waals surface area contributed by atoms with E-state index in [0.717, 1.165) is 19.3 Å². The SMILES string of the molecule is NC1(C(Cl)(Cl)Cl)CC(=O)C2(CCCCC2)O1. The Kier molecular flexibility index (Phi) is 3.22. The lowest BCUT2D eigenvalue weighted by atomic mass is 9.82. The molecule has 2 fully saturated rings. The molecule has 2 aliphatic rings. The van der Waals surface area contributed by atoms with Gasteiger partial charge in [0.15, 0.2) is 11.5 Å². The van der Waals surface area contributed by atoms with Crippen molar-refractivity contribution in [3.63, 3.8) is 0 Å². The van der Waals surface area contributed by atoms with Crippen molar-refractivity contribution in [1.29, 1.82) is 0 Å². The Morgan fingerprint density at radius 2 is 1.75 bits per heavy atom. The molecule has 0 radical (unpaired) electrons. The van der Waals surface area contributed by atoms with Crippen LogP contribution in [-0.2, 0) is 9.53 Å². The number of Topliss-reactive ketones (excluding diaryl/α,β-unsaturated/α-hetero) is 1. The van der Waals surface area contributed by atoms with Gasteiger partial charge < -0.3 is 4.74 Å². The Hall–Kier alpha value is 0.460. The summed E-state index contributed by atoms with van der Waals surface area (Å²) in [6.45, 7) is 0. The summed E-state index contributed by atoms with van der Waals surface area (Å²) in [4.78, 5) is 12.0. The highest BCUT2D eigenvalue weighted by Gasteiger charge is 2.61. The molecule has 1 aliphatic carbocycles. The topological polar surface area (TPSA) is 52.3 Å². The van der Waals surface area contributed by atoms with Gasteiger partial charge in [0, 0.05) is 0 Å². The smallest absolute Gasteiger partial charge is 0.232 e. The van der Waals surface area contributed by atoms with Gasteiger partial charge in [-0.05, 0) is 12.8 Å². The van der Waals surface area contributed by atoms with Crippen molar-refractivity contribution in [1.82, 2.24) is 0 Å². The van der Waals surface area contributed by atoms with E-state index in [2.05, 4.69) is 0 Å². The van der Waals surface area contributed by atoms with Crippen LogP contribution in [0, 0.1) is 0 Å². The van der Waals surface area contributed by atoms with E-state index < -0.39 is 15.1 Å². The maximum absolute atomic E-state index is 12.0. The molecule has 16 heavy (non-hydrogen) atoms. The Morgan fingerprint density at radius 1 is 1.19 bits per heavy atom. The highest BCUT2D eigenvalue weighted by Crippen LogP contribution is 2.50. The van der Waals surface area contributed by atoms with Gasteiger partial charge in [-0.15, -0.1) is 0 Å². The minimum atomic E-state index is -1.77. The lowest BCUT2D eigenvalue weighted by Gasteiger charge is -2.37. The van der Waals surface area contributed by atoms with E-state index in [1.165, 1.54) is 0 Å². The van der Waals surface area contributed by atoms with Crippen LogP contribution < -0.4 is 5.73 Å². The second kappa shape index (κ2) is 3.99. The van der Waals surface area contributed by atoms with Crippen LogP contribution in [0.1, 0.15) is 38.5 Å². The zero-order valence-corrected chi connectivity index (χ0v) is 11.0. The summed E-state index contributed by atoms with van der Waals surface area (Å²) < 4.78 is 3.91. The fraction of sp³-hybridized carbons (Fsp3) is 0.900. The van der Waals surface area contributed by atoms with Crippen LogP contribution in [0.5, 0.6) is 0 Å². The van der Waals surface area contributed by atoms with Crippen LogP contribution in [-0.4, -0.2) is 20.9 Å². The number of alkyl halides is 3. The van der Waals surface area contributed by atoms with Gasteiger partial charge in [0.2, 0.25) is 3.79 Å². The Balaban J connectivity index is 2.24. The van der Waals surface area contributed by atoms with Gasteiger partial charge in [-0.2, -0.15) is 0 Å². The molecule has 3 nitrogen and oxygen atoms in total. The van der Waals surface area contributed by atoms with Gasteiger partial charge in [-0.3, -0.25) is 10.5 Å². The molecule has 1 atom stereocenters. The molecule has 1 saturated heterocycles. The number of ether oxygens (including phenoxy) is 1. The van der Waals surface area contributed by atoms with Crippen LogP contribution in [0.3, 0.4) is 0 Å². The minimum Gasteiger partial charge on any atom is -0.342 e.